The first-order chi connectivity index (χ1) is 8.17. The van der Waals surface area contributed by atoms with Crippen LogP contribution in [0.2, 0.25) is 0 Å². The fourth-order valence-corrected chi connectivity index (χ4v) is 3.73. The van der Waals surface area contributed by atoms with Crippen molar-refractivity contribution in [2.45, 2.75) is 57.7 Å². The lowest BCUT2D eigenvalue weighted by molar-refractivity contribution is -0.200. The van der Waals surface area contributed by atoms with Gasteiger partial charge in [-0.2, -0.15) is 0 Å². The van der Waals surface area contributed by atoms with Crippen LogP contribution in [0.5, 0.6) is 0 Å². The molecule has 2 aliphatic heterocycles. The zero-order valence-corrected chi connectivity index (χ0v) is 11.2. The lowest BCUT2D eigenvalue weighted by Gasteiger charge is -2.58. The number of rotatable bonds is 3. The first-order valence-electron chi connectivity index (χ1n) is 7.25. The number of likely N-dealkylation sites (tertiary alicyclic amines) is 1. The number of hydrogen-bond donors (Lipinski definition) is 1. The first kappa shape index (κ1) is 11.9. The van der Waals surface area contributed by atoms with Gasteiger partial charge in [0.15, 0.2) is 0 Å². The van der Waals surface area contributed by atoms with Crippen molar-refractivity contribution in [1.29, 1.82) is 0 Å². The molecule has 2 saturated heterocycles. The van der Waals surface area contributed by atoms with Crippen LogP contribution in [0.4, 0.5) is 0 Å². The summed E-state index contributed by atoms with van der Waals surface area (Å²) in [6.07, 6.45) is 5.51. The predicted molar refractivity (Wildman–Crippen MR) is 69.1 cm³/mol. The van der Waals surface area contributed by atoms with Gasteiger partial charge in [0.05, 0.1) is 13.2 Å². The minimum atomic E-state index is 0.590. The van der Waals surface area contributed by atoms with Crippen molar-refractivity contribution in [3.63, 3.8) is 0 Å². The van der Waals surface area contributed by atoms with Crippen LogP contribution in [-0.2, 0) is 4.74 Å². The minimum absolute atomic E-state index is 0.590. The lowest BCUT2D eigenvalue weighted by atomic mass is 9.75. The molecule has 3 heteroatoms. The van der Waals surface area contributed by atoms with E-state index in [1.54, 1.807) is 0 Å². The molecule has 0 aromatic carbocycles. The van der Waals surface area contributed by atoms with Crippen molar-refractivity contribution in [3.05, 3.63) is 0 Å². The normalized spacial score (nSPS) is 36.9. The SMILES string of the molecule is CC(C)NC1CCC(N2CC3(COC3)C2)CC1. The second-order valence-electron chi connectivity index (χ2n) is 6.72. The Labute approximate surface area is 105 Å². The maximum atomic E-state index is 5.34. The molecule has 1 N–H and O–H groups in total. The summed E-state index contributed by atoms with van der Waals surface area (Å²) < 4.78 is 5.34. The summed E-state index contributed by atoms with van der Waals surface area (Å²) in [5.41, 5.74) is 0.590. The smallest absolute Gasteiger partial charge is 0.0569 e. The quantitative estimate of drug-likeness (QED) is 0.809. The molecular formula is C14H26N2O. The van der Waals surface area contributed by atoms with E-state index in [0.717, 1.165) is 25.3 Å². The second-order valence-corrected chi connectivity index (χ2v) is 6.72. The van der Waals surface area contributed by atoms with Gasteiger partial charge in [0.25, 0.3) is 0 Å². The number of ether oxygens (including phenoxy) is 1. The van der Waals surface area contributed by atoms with E-state index in [0.29, 0.717) is 11.5 Å². The molecule has 3 rings (SSSR count). The summed E-state index contributed by atoms with van der Waals surface area (Å²) in [4.78, 5) is 2.70. The Balaban J connectivity index is 1.40. The monoisotopic (exact) mass is 238 g/mol. The van der Waals surface area contributed by atoms with Crippen molar-refractivity contribution < 1.29 is 4.74 Å². The molecule has 0 aromatic rings. The molecule has 1 spiro atoms. The topological polar surface area (TPSA) is 24.5 Å². The summed E-state index contributed by atoms with van der Waals surface area (Å²) in [6, 6.07) is 2.27. The van der Waals surface area contributed by atoms with E-state index in [-0.39, 0.29) is 0 Å². The van der Waals surface area contributed by atoms with Gasteiger partial charge in [-0.1, -0.05) is 13.8 Å². The average Bonchev–Trinajstić information content (AvgIpc) is 2.15. The third-order valence-corrected chi connectivity index (χ3v) is 4.68. The summed E-state index contributed by atoms with van der Waals surface area (Å²) in [5.74, 6) is 0. The van der Waals surface area contributed by atoms with Crippen LogP contribution >= 0.6 is 0 Å². The molecule has 1 aliphatic carbocycles. The molecular weight excluding hydrogens is 212 g/mol. The fourth-order valence-electron chi connectivity index (χ4n) is 3.73. The van der Waals surface area contributed by atoms with E-state index >= 15 is 0 Å². The van der Waals surface area contributed by atoms with E-state index in [2.05, 4.69) is 24.1 Å². The number of nitrogens with zero attached hydrogens (tertiary/aromatic N) is 1. The van der Waals surface area contributed by atoms with Gasteiger partial charge in [0.1, 0.15) is 0 Å². The third-order valence-electron chi connectivity index (χ3n) is 4.68. The molecule has 0 unspecified atom stereocenters. The van der Waals surface area contributed by atoms with Crippen LogP contribution < -0.4 is 5.32 Å². The molecule has 3 nitrogen and oxygen atoms in total. The molecule has 0 bridgehead atoms. The highest BCUT2D eigenvalue weighted by molar-refractivity contribution is 5.02. The van der Waals surface area contributed by atoms with Crippen molar-refractivity contribution in [2.75, 3.05) is 26.3 Å². The fraction of sp³-hybridized carbons (Fsp3) is 1.00. The molecule has 1 saturated carbocycles. The van der Waals surface area contributed by atoms with E-state index in [1.165, 1.54) is 38.8 Å². The van der Waals surface area contributed by atoms with E-state index in [4.69, 9.17) is 4.74 Å². The lowest BCUT2D eigenvalue weighted by Crippen LogP contribution is -2.68. The molecule has 0 radical (unpaired) electrons. The van der Waals surface area contributed by atoms with Crippen LogP contribution in [-0.4, -0.2) is 49.3 Å². The van der Waals surface area contributed by atoms with E-state index < -0.39 is 0 Å². The maximum absolute atomic E-state index is 5.34. The van der Waals surface area contributed by atoms with Gasteiger partial charge in [-0.05, 0) is 25.7 Å². The van der Waals surface area contributed by atoms with Crippen LogP contribution in [0.15, 0.2) is 0 Å². The maximum Gasteiger partial charge on any atom is 0.0569 e. The van der Waals surface area contributed by atoms with Crippen LogP contribution in [0.3, 0.4) is 0 Å². The molecule has 0 amide bonds. The highest BCUT2D eigenvalue weighted by Crippen LogP contribution is 2.40. The number of nitrogens with one attached hydrogen (secondary N) is 1. The molecule has 98 valence electrons. The first-order valence-corrected chi connectivity index (χ1v) is 7.25. The van der Waals surface area contributed by atoms with Gasteiger partial charge in [0, 0.05) is 36.6 Å². The van der Waals surface area contributed by atoms with Crippen molar-refractivity contribution in [2.24, 2.45) is 5.41 Å². The standard InChI is InChI=1S/C14H26N2O/c1-11(2)15-12-3-5-13(6-4-12)16-7-14(8-16)9-17-10-14/h11-13,15H,3-10H2,1-2H3. The Morgan fingerprint density at radius 2 is 1.76 bits per heavy atom. The summed E-state index contributed by atoms with van der Waals surface area (Å²) in [5, 5.41) is 3.68. The van der Waals surface area contributed by atoms with Gasteiger partial charge >= 0.3 is 0 Å². The average molecular weight is 238 g/mol. The van der Waals surface area contributed by atoms with E-state index in [1.807, 2.05) is 0 Å². The zero-order valence-electron chi connectivity index (χ0n) is 11.2. The number of hydrogen-bond acceptors (Lipinski definition) is 3. The van der Waals surface area contributed by atoms with Gasteiger partial charge in [-0.25, -0.2) is 0 Å². The minimum Gasteiger partial charge on any atom is -0.380 e. The molecule has 3 fully saturated rings. The van der Waals surface area contributed by atoms with Crippen molar-refractivity contribution in [1.82, 2.24) is 10.2 Å². The van der Waals surface area contributed by atoms with Gasteiger partial charge < -0.3 is 10.1 Å². The summed E-state index contributed by atoms with van der Waals surface area (Å²) in [6.45, 7) is 9.16. The highest BCUT2D eigenvalue weighted by atomic mass is 16.5. The Bertz CT molecular complexity index is 259. The summed E-state index contributed by atoms with van der Waals surface area (Å²) >= 11 is 0. The third kappa shape index (κ3) is 2.38. The second kappa shape index (κ2) is 4.52. The Hall–Kier alpha value is -0.120. The van der Waals surface area contributed by atoms with Crippen molar-refractivity contribution in [3.8, 4) is 0 Å². The molecule has 3 aliphatic rings. The molecule has 0 atom stereocenters. The van der Waals surface area contributed by atoms with Crippen molar-refractivity contribution >= 4 is 0 Å². The zero-order chi connectivity index (χ0) is 11.9. The summed E-state index contributed by atoms with van der Waals surface area (Å²) in [7, 11) is 0. The van der Waals surface area contributed by atoms with Gasteiger partial charge in [-0.15, -0.1) is 0 Å². The molecule has 17 heavy (non-hydrogen) atoms. The predicted octanol–water partition coefficient (Wildman–Crippen LogP) is 1.63. The van der Waals surface area contributed by atoms with Crippen LogP contribution in [0.25, 0.3) is 0 Å². The highest BCUT2D eigenvalue weighted by Gasteiger charge is 2.50. The van der Waals surface area contributed by atoms with Gasteiger partial charge in [-0.3, -0.25) is 4.90 Å². The van der Waals surface area contributed by atoms with E-state index in [9.17, 15) is 0 Å². The van der Waals surface area contributed by atoms with Crippen LogP contribution in [0.1, 0.15) is 39.5 Å². The molecule has 0 aromatic heterocycles. The Kier molecular flexibility index (Phi) is 3.18. The Morgan fingerprint density at radius 1 is 1.12 bits per heavy atom. The molecule has 2 heterocycles. The van der Waals surface area contributed by atoms with Crippen LogP contribution in [0, 0.1) is 5.41 Å². The Morgan fingerprint density at radius 3 is 2.24 bits per heavy atom. The van der Waals surface area contributed by atoms with Gasteiger partial charge in [0.2, 0.25) is 0 Å². The largest absolute Gasteiger partial charge is 0.380 e.